The van der Waals surface area contributed by atoms with Gasteiger partial charge >= 0.3 is 0 Å². The van der Waals surface area contributed by atoms with Crippen LogP contribution in [0.15, 0.2) is 58.8 Å². The molecule has 0 radical (unpaired) electrons. The Morgan fingerprint density at radius 3 is 2.39 bits per heavy atom. The first kappa shape index (κ1) is 25.1. The van der Waals surface area contributed by atoms with Crippen LogP contribution >= 0.6 is 0 Å². The Morgan fingerprint density at radius 2 is 1.70 bits per heavy atom. The zero-order chi connectivity index (χ0) is 23.9. The molecule has 8 nitrogen and oxygen atoms in total. The molecule has 1 fully saturated rings. The van der Waals surface area contributed by atoms with Crippen molar-refractivity contribution in [2.75, 3.05) is 25.0 Å². The summed E-state index contributed by atoms with van der Waals surface area (Å²) in [5.74, 6) is -0.423. The van der Waals surface area contributed by atoms with E-state index in [2.05, 4.69) is 10.0 Å². The van der Waals surface area contributed by atoms with E-state index in [1.807, 2.05) is 31.2 Å². The van der Waals surface area contributed by atoms with Crippen molar-refractivity contribution in [2.24, 2.45) is 0 Å². The van der Waals surface area contributed by atoms with Crippen LogP contribution in [0.3, 0.4) is 0 Å². The molecular formula is C23H29N3O5S2. The van der Waals surface area contributed by atoms with Crippen LogP contribution in [0.4, 0.5) is 5.69 Å². The zero-order valence-electron chi connectivity index (χ0n) is 18.5. The summed E-state index contributed by atoms with van der Waals surface area (Å²) in [6, 6.07) is 13.5. The molecular weight excluding hydrogens is 462 g/mol. The standard InChI is InChI=1S/C23H29N3O5S2/c1-19-8-10-20(11-9-19)13-17-32(28,29)24-14-12-23(27)25-21-6-5-7-22(18-21)33(30,31)26-15-3-2-4-16-26/h5-11,13,17-18,24H,2-4,12,14-16H2,1H3,(H,25,27)/b17-13+. The third-order valence-electron chi connectivity index (χ3n) is 5.24. The average Bonchev–Trinajstić information content (AvgIpc) is 2.79. The van der Waals surface area contributed by atoms with Gasteiger partial charge in [0.25, 0.3) is 0 Å². The molecule has 1 saturated heterocycles. The van der Waals surface area contributed by atoms with Gasteiger partial charge in [0.15, 0.2) is 0 Å². The molecule has 2 aromatic carbocycles. The lowest BCUT2D eigenvalue weighted by atomic mass is 10.2. The number of carbonyl (C=O) groups is 1. The predicted octanol–water partition coefficient (Wildman–Crippen LogP) is 3.09. The summed E-state index contributed by atoms with van der Waals surface area (Å²) in [4.78, 5) is 12.4. The highest BCUT2D eigenvalue weighted by Crippen LogP contribution is 2.23. The van der Waals surface area contributed by atoms with Gasteiger partial charge in [-0.15, -0.1) is 0 Å². The predicted molar refractivity (Wildman–Crippen MR) is 129 cm³/mol. The highest BCUT2D eigenvalue weighted by atomic mass is 32.2. The second-order valence-electron chi connectivity index (χ2n) is 7.94. The van der Waals surface area contributed by atoms with Crippen LogP contribution in [0.5, 0.6) is 0 Å². The molecule has 0 aromatic heterocycles. The van der Waals surface area contributed by atoms with Gasteiger partial charge in [-0.1, -0.05) is 42.3 Å². The molecule has 1 aliphatic heterocycles. The second-order valence-corrected chi connectivity index (χ2v) is 11.5. The highest BCUT2D eigenvalue weighted by molar-refractivity contribution is 7.92. The average molecular weight is 492 g/mol. The Bertz CT molecular complexity index is 1200. The first-order valence-corrected chi connectivity index (χ1v) is 13.8. The Kier molecular flexibility index (Phi) is 8.41. The van der Waals surface area contributed by atoms with E-state index in [0.29, 0.717) is 18.8 Å². The molecule has 0 bridgehead atoms. The SMILES string of the molecule is Cc1ccc(/C=C/S(=O)(=O)NCCC(=O)Nc2cccc(S(=O)(=O)N3CCCCC3)c2)cc1. The van der Waals surface area contributed by atoms with Crippen molar-refractivity contribution in [3.05, 3.63) is 65.1 Å². The van der Waals surface area contributed by atoms with Crippen molar-refractivity contribution in [1.29, 1.82) is 0 Å². The molecule has 0 atom stereocenters. The van der Waals surface area contributed by atoms with Crippen LogP contribution in [0.1, 0.15) is 36.8 Å². The largest absolute Gasteiger partial charge is 0.326 e. The fraction of sp³-hybridized carbons (Fsp3) is 0.348. The molecule has 0 saturated carbocycles. The number of amides is 1. The van der Waals surface area contributed by atoms with Gasteiger partial charge in [0.2, 0.25) is 26.0 Å². The normalized spacial score (nSPS) is 15.5. The monoisotopic (exact) mass is 491 g/mol. The van der Waals surface area contributed by atoms with E-state index in [1.165, 1.54) is 22.5 Å². The van der Waals surface area contributed by atoms with E-state index >= 15 is 0 Å². The summed E-state index contributed by atoms with van der Waals surface area (Å²) >= 11 is 0. The van der Waals surface area contributed by atoms with Gasteiger partial charge < -0.3 is 5.32 Å². The molecule has 0 unspecified atom stereocenters. The zero-order valence-corrected chi connectivity index (χ0v) is 20.2. The molecule has 1 aliphatic rings. The maximum absolute atomic E-state index is 12.8. The fourth-order valence-electron chi connectivity index (χ4n) is 3.41. The molecule has 178 valence electrons. The van der Waals surface area contributed by atoms with Crippen LogP contribution < -0.4 is 10.0 Å². The molecule has 10 heteroatoms. The van der Waals surface area contributed by atoms with Crippen molar-refractivity contribution < 1.29 is 21.6 Å². The van der Waals surface area contributed by atoms with Gasteiger partial charge in [-0.2, -0.15) is 4.31 Å². The summed E-state index contributed by atoms with van der Waals surface area (Å²) < 4.78 is 53.7. The number of anilines is 1. The van der Waals surface area contributed by atoms with E-state index < -0.39 is 26.0 Å². The van der Waals surface area contributed by atoms with Crippen LogP contribution in [0.25, 0.3) is 6.08 Å². The third-order valence-corrected chi connectivity index (χ3v) is 8.24. The van der Waals surface area contributed by atoms with Gasteiger partial charge in [-0.3, -0.25) is 4.79 Å². The summed E-state index contributed by atoms with van der Waals surface area (Å²) in [5.41, 5.74) is 2.18. The lowest BCUT2D eigenvalue weighted by Crippen LogP contribution is -2.35. The minimum absolute atomic E-state index is 0.0851. The van der Waals surface area contributed by atoms with Crippen LogP contribution in [0, 0.1) is 6.92 Å². The second kappa shape index (κ2) is 11.1. The summed E-state index contributed by atoms with van der Waals surface area (Å²) in [5, 5.41) is 3.69. The fourth-order valence-corrected chi connectivity index (χ4v) is 5.80. The van der Waals surface area contributed by atoms with E-state index in [4.69, 9.17) is 0 Å². The minimum atomic E-state index is -3.69. The van der Waals surface area contributed by atoms with Gasteiger partial charge in [-0.25, -0.2) is 21.6 Å². The molecule has 2 aromatic rings. The van der Waals surface area contributed by atoms with Crippen molar-refractivity contribution in [1.82, 2.24) is 9.03 Å². The highest BCUT2D eigenvalue weighted by Gasteiger charge is 2.26. The van der Waals surface area contributed by atoms with Crippen LogP contribution in [-0.4, -0.2) is 46.7 Å². The molecule has 1 heterocycles. The van der Waals surface area contributed by atoms with E-state index in [0.717, 1.165) is 35.8 Å². The maximum atomic E-state index is 12.8. The molecule has 1 amide bonds. The Morgan fingerprint density at radius 1 is 1.00 bits per heavy atom. The number of carbonyl (C=O) groups excluding carboxylic acids is 1. The number of benzene rings is 2. The number of rotatable bonds is 9. The number of piperidine rings is 1. The van der Waals surface area contributed by atoms with Crippen LogP contribution in [-0.2, 0) is 24.8 Å². The van der Waals surface area contributed by atoms with Crippen LogP contribution in [0.2, 0.25) is 0 Å². The number of hydrogen-bond acceptors (Lipinski definition) is 5. The Hall–Kier alpha value is -2.53. The molecule has 2 N–H and O–H groups in total. The maximum Gasteiger partial charge on any atom is 0.243 e. The first-order valence-electron chi connectivity index (χ1n) is 10.8. The number of aryl methyl sites for hydroxylation is 1. The van der Waals surface area contributed by atoms with Crippen molar-refractivity contribution >= 4 is 37.7 Å². The van der Waals surface area contributed by atoms with Crippen molar-refractivity contribution in [2.45, 2.75) is 37.5 Å². The van der Waals surface area contributed by atoms with Gasteiger partial charge in [-0.05, 0) is 49.6 Å². The minimum Gasteiger partial charge on any atom is -0.326 e. The summed E-state index contributed by atoms with van der Waals surface area (Å²) in [6.45, 7) is 2.85. The number of nitrogens with zero attached hydrogens (tertiary/aromatic N) is 1. The molecule has 0 aliphatic carbocycles. The van der Waals surface area contributed by atoms with Gasteiger partial charge in [0, 0.05) is 37.2 Å². The van der Waals surface area contributed by atoms with Gasteiger partial charge in [0.05, 0.1) is 4.90 Å². The van der Waals surface area contributed by atoms with Crippen molar-refractivity contribution in [3.8, 4) is 0 Å². The van der Waals surface area contributed by atoms with Crippen molar-refractivity contribution in [3.63, 3.8) is 0 Å². The molecule has 3 rings (SSSR count). The Labute approximate surface area is 195 Å². The molecule has 0 spiro atoms. The lowest BCUT2D eigenvalue weighted by molar-refractivity contribution is -0.116. The first-order chi connectivity index (χ1) is 15.7. The summed E-state index contributed by atoms with van der Waals surface area (Å²) in [6.07, 6.45) is 4.09. The molecule has 33 heavy (non-hydrogen) atoms. The number of nitrogens with one attached hydrogen (secondary N) is 2. The number of hydrogen-bond donors (Lipinski definition) is 2. The Balaban J connectivity index is 1.52. The smallest absolute Gasteiger partial charge is 0.243 e. The summed E-state index contributed by atoms with van der Waals surface area (Å²) in [7, 11) is -7.30. The van der Waals surface area contributed by atoms with E-state index in [9.17, 15) is 21.6 Å². The third kappa shape index (κ3) is 7.50. The quantitative estimate of drug-likeness (QED) is 0.560. The van der Waals surface area contributed by atoms with E-state index in [1.54, 1.807) is 12.1 Å². The lowest BCUT2D eigenvalue weighted by Gasteiger charge is -2.26. The topological polar surface area (TPSA) is 113 Å². The van der Waals surface area contributed by atoms with E-state index in [-0.39, 0.29) is 17.9 Å². The van der Waals surface area contributed by atoms with Gasteiger partial charge in [0.1, 0.15) is 0 Å². The number of sulfonamides is 2.